The summed E-state index contributed by atoms with van der Waals surface area (Å²) in [5.74, 6) is -0.912. The summed E-state index contributed by atoms with van der Waals surface area (Å²) in [5.41, 5.74) is 0. The van der Waals surface area contributed by atoms with Gasteiger partial charge in [0.1, 0.15) is 6.10 Å². The molecule has 0 bridgehead atoms. The van der Waals surface area contributed by atoms with Gasteiger partial charge in [-0.3, -0.25) is 0 Å². The number of carbonyl (C=O) groups is 1. The van der Waals surface area contributed by atoms with Crippen LogP contribution in [0.4, 0.5) is 0 Å². The lowest BCUT2D eigenvalue weighted by Crippen LogP contribution is -1.96. The second-order valence-electron chi connectivity index (χ2n) is 2.87. The van der Waals surface area contributed by atoms with Gasteiger partial charge in [-0.15, -0.1) is 0 Å². The number of aromatic carboxylic acids is 1. The highest BCUT2D eigenvalue weighted by atomic mass is 16.5. The van der Waals surface area contributed by atoms with Crippen LogP contribution in [0.3, 0.4) is 0 Å². The van der Waals surface area contributed by atoms with Crippen molar-refractivity contribution in [1.82, 2.24) is 4.98 Å². The molecular formula is C8H9NO4. The van der Waals surface area contributed by atoms with Gasteiger partial charge in [0.15, 0.2) is 5.76 Å². The number of aromatic nitrogens is 1. The van der Waals surface area contributed by atoms with Gasteiger partial charge in [0.05, 0.1) is 6.20 Å². The number of oxazole rings is 1. The lowest BCUT2D eigenvalue weighted by Gasteiger charge is -2.02. The van der Waals surface area contributed by atoms with E-state index in [0.717, 1.165) is 12.8 Å². The average Bonchev–Trinajstić information content (AvgIpc) is 2.75. The lowest BCUT2D eigenvalue weighted by atomic mass is 10.2. The zero-order valence-corrected chi connectivity index (χ0v) is 6.90. The van der Waals surface area contributed by atoms with Crippen molar-refractivity contribution in [3.05, 3.63) is 17.8 Å². The highest BCUT2D eigenvalue weighted by Crippen LogP contribution is 2.28. The van der Waals surface area contributed by atoms with Crippen molar-refractivity contribution in [2.75, 3.05) is 6.61 Å². The minimum atomic E-state index is -1.15. The first-order valence-corrected chi connectivity index (χ1v) is 4.08. The number of carboxylic acid groups (broad SMARTS) is 1. The molecule has 0 amide bonds. The first-order chi connectivity index (χ1) is 6.27. The maximum atomic E-state index is 10.4. The SMILES string of the molecule is O=C(O)c1ncc(C2CCCO2)o1. The number of nitrogens with zero attached hydrogens (tertiary/aromatic N) is 1. The van der Waals surface area contributed by atoms with Crippen molar-refractivity contribution >= 4 is 5.97 Å². The molecule has 1 aliphatic rings. The van der Waals surface area contributed by atoms with Gasteiger partial charge in [-0.1, -0.05) is 0 Å². The largest absolute Gasteiger partial charge is 0.474 e. The van der Waals surface area contributed by atoms with Gasteiger partial charge in [-0.05, 0) is 12.8 Å². The van der Waals surface area contributed by atoms with Crippen LogP contribution in [0, 0.1) is 0 Å². The van der Waals surface area contributed by atoms with Crippen LogP contribution in [0.1, 0.15) is 35.4 Å². The molecule has 1 fully saturated rings. The van der Waals surface area contributed by atoms with Crippen LogP contribution in [-0.2, 0) is 4.74 Å². The minimum absolute atomic E-state index is 0.111. The summed E-state index contributed by atoms with van der Waals surface area (Å²) < 4.78 is 10.3. The average molecular weight is 183 g/mol. The Hall–Kier alpha value is -1.36. The van der Waals surface area contributed by atoms with E-state index in [1.807, 2.05) is 0 Å². The number of hydrogen-bond donors (Lipinski definition) is 1. The van der Waals surface area contributed by atoms with Crippen LogP contribution in [-0.4, -0.2) is 22.7 Å². The second kappa shape index (κ2) is 3.18. The number of rotatable bonds is 2. The van der Waals surface area contributed by atoms with Crippen molar-refractivity contribution in [1.29, 1.82) is 0 Å². The maximum absolute atomic E-state index is 10.4. The molecule has 2 heterocycles. The molecule has 0 saturated carbocycles. The summed E-state index contributed by atoms with van der Waals surface area (Å²) in [7, 11) is 0. The second-order valence-corrected chi connectivity index (χ2v) is 2.87. The molecule has 2 rings (SSSR count). The van der Waals surface area contributed by atoms with Gasteiger partial charge in [0.2, 0.25) is 0 Å². The van der Waals surface area contributed by atoms with Gasteiger partial charge in [0.25, 0.3) is 0 Å². The van der Waals surface area contributed by atoms with E-state index in [2.05, 4.69) is 4.98 Å². The Balaban J connectivity index is 2.16. The summed E-state index contributed by atoms with van der Waals surface area (Å²) in [4.78, 5) is 14.0. The topological polar surface area (TPSA) is 72.6 Å². The molecule has 0 spiro atoms. The van der Waals surface area contributed by atoms with Crippen molar-refractivity contribution < 1.29 is 19.1 Å². The third-order valence-electron chi connectivity index (χ3n) is 1.95. The van der Waals surface area contributed by atoms with Crippen molar-refractivity contribution in [2.24, 2.45) is 0 Å². The Morgan fingerprint density at radius 3 is 3.08 bits per heavy atom. The van der Waals surface area contributed by atoms with E-state index in [9.17, 15) is 4.79 Å². The minimum Gasteiger partial charge on any atom is -0.474 e. The van der Waals surface area contributed by atoms with Crippen LogP contribution in [0.2, 0.25) is 0 Å². The predicted molar refractivity (Wildman–Crippen MR) is 41.4 cm³/mol. The summed E-state index contributed by atoms with van der Waals surface area (Å²) in [6.45, 7) is 0.702. The van der Waals surface area contributed by atoms with Crippen LogP contribution < -0.4 is 0 Å². The molecule has 13 heavy (non-hydrogen) atoms. The summed E-state index contributed by atoms with van der Waals surface area (Å²) >= 11 is 0. The molecule has 1 aromatic heterocycles. The molecule has 1 atom stereocenters. The first-order valence-electron chi connectivity index (χ1n) is 4.08. The van der Waals surface area contributed by atoms with Crippen molar-refractivity contribution in [2.45, 2.75) is 18.9 Å². The Kier molecular flexibility index (Phi) is 2.02. The quantitative estimate of drug-likeness (QED) is 0.746. The molecule has 5 nitrogen and oxygen atoms in total. The lowest BCUT2D eigenvalue weighted by molar-refractivity contribution is 0.0628. The number of carboxylic acids is 1. The smallest absolute Gasteiger partial charge is 0.392 e. The van der Waals surface area contributed by atoms with Gasteiger partial charge in [0, 0.05) is 6.61 Å². The van der Waals surface area contributed by atoms with E-state index in [1.165, 1.54) is 6.20 Å². The molecule has 0 radical (unpaired) electrons. The molecule has 5 heteroatoms. The number of ether oxygens (including phenoxy) is 1. The van der Waals surface area contributed by atoms with E-state index in [4.69, 9.17) is 14.3 Å². The maximum Gasteiger partial charge on any atom is 0.392 e. The zero-order chi connectivity index (χ0) is 9.26. The van der Waals surface area contributed by atoms with Crippen molar-refractivity contribution in [3.63, 3.8) is 0 Å². The normalized spacial score (nSPS) is 22.0. The molecule has 1 saturated heterocycles. The Morgan fingerprint density at radius 2 is 2.54 bits per heavy atom. The van der Waals surface area contributed by atoms with E-state index >= 15 is 0 Å². The van der Waals surface area contributed by atoms with Gasteiger partial charge in [-0.2, -0.15) is 0 Å². The fraction of sp³-hybridized carbons (Fsp3) is 0.500. The Labute approximate surface area is 74.3 Å². The third-order valence-corrected chi connectivity index (χ3v) is 1.95. The van der Waals surface area contributed by atoms with E-state index in [-0.39, 0.29) is 12.0 Å². The van der Waals surface area contributed by atoms with Crippen LogP contribution in [0.15, 0.2) is 10.6 Å². The van der Waals surface area contributed by atoms with Crippen molar-refractivity contribution in [3.8, 4) is 0 Å². The number of hydrogen-bond acceptors (Lipinski definition) is 4. The Morgan fingerprint density at radius 1 is 1.69 bits per heavy atom. The van der Waals surface area contributed by atoms with Gasteiger partial charge >= 0.3 is 11.9 Å². The van der Waals surface area contributed by atoms with E-state index in [0.29, 0.717) is 12.4 Å². The molecule has 1 N–H and O–H groups in total. The standard InChI is InChI=1S/C8H9NO4/c10-8(11)7-9-4-6(13-7)5-2-1-3-12-5/h4-5H,1-3H2,(H,10,11). The van der Waals surface area contributed by atoms with E-state index < -0.39 is 5.97 Å². The molecule has 70 valence electrons. The highest BCUT2D eigenvalue weighted by Gasteiger charge is 2.23. The van der Waals surface area contributed by atoms with E-state index in [1.54, 1.807) is 0 Å². The predicted octanol–water partition coefficient (Wildman–Crippen LogP) is 1.22. The zero-order valence-electron chi connectivity index (χ0n) is 6.90. The summed E-state index contributed by atoms with van der Waals surface area (Å²) in [6.07, 6.45) is 3.15. The highest BCUT2D eigenvalue weighted by molar-refractivity contribution is 5.81. The van der Waals surface area contributed by atoms with Gasteiger partial charge < -0.3 is 14.3 Å². The monoisotopic (exact) mass is 183 g/mol. The summed E-state index contributed by atoms with van der Waals surface area (Å²) in [5, 5.41) is 8.54. The molecule has 1 aliphatic heterocycles. The van der Waals surface area contributed by atoms with Crippen LogP contribution in [0.25, 0.3) is 0 Å². The first kappa shape index (κ1) is 8.25. The molecular weight excluding hydrogens is 174 g/mol. The Bertz CT molecular complexity index is 314. The molecule has 1 unspecified atom stereocenters. The summed E-state index contributed by atoms with van der Waals surface area (Å²) in [6, 6.07) is 0. The fourth-order valence-electron chi connectivity index (χ4n) is 1.34. The van der Waals surface area contributed by atoms with Crippen LogP contribution in [0.5, 0.6) is 0 Å². The van der Waals surface area contributed by atoms with Gasteiger partial charge in [-0.25, -0.2) is 9.78 Å². The molecule has 0 aromatic carbocycles. The van der Waals surface area contributed by atoms with Crippen LogP contribution >= 0.6 is 0 Å². The fourth-order valence-corrected chi connectivity index (χ4v) is 1.34. The third kappa shape index (κ3) is 1.55. The molecule has 1 aromatic rings. The molecule has 0 aliphatic carbocycles.